The van der Waals surface area contributed by atoms with E-state index in [1.54, 1.807) is 0 Å². The number of unbranched alkanes of at least 4 members (excludes halogenated alkanes) is 7. The fourth-order valence-corrected chi connectivity index (χ4v) is 5.07. The lowest BCUT2D eigenvalue weighted by Gasteiger charge is -2.28. The van der Waals surface area contributed by atoms with Crippen molar-refractivity contribution in [3.8, 4) is 0 Å². The van der Waals surface area contributed by atoms with Crippen LogP contribution in [0.1, 0.15) is 121 Å². The molecule has 1 fully saturated rings. The van der Waals surface area contributed by atoms with Gasteiger partial charge < -0.3 is 5.32 Å². The van der Waals surface area contributed by atoms with Crippen LogP contribution in [0.2, 0.25) is 0 Å². The molecule has 0 aliphatic heterocycles. The lowest BCUT2D eigenvalue weighted by atomic mass is 9.77. The first-order valence-corrected chi connectivity index (χ1v) is 13.1. The summed E-state index contributed by atoms with van der Waals surface area (Å²) in [4.78, 5) is 0. The van der Waals surface area contributed by atoms with Crippen LogP contribution in [0, 0.1) is 18.8 Å². The van der Waals surface area contributed by atoms with E-state index in [2.05, 4.69) is 44.3 Å². The summed E-state index contributed by atoms with van der Waals surface area (Å²) in [5, 5.41) is 3.66. The first kappa shape index (κ1) is 24.3. The van der Waals surface area contributed by atoms with E-state index >= 15 is 0 Å². The van der Waals surface area contributed by atoms with Crippen LogP contribution in [0.3, 0.4) is 0 Å². The SMILES string of the molecule is CCCCCCCCNc1ccc(CCC2CCC(CCCCC)CC2)cc1C. The minimum Gasteiger partial charge on any atom is -0.385 e. The third kappa shape index (κ3) is 10.1. The molecule has 2 rings (SSSR count). The van der Waals surface area contributed by atoms with Crippen LogP contribution in [0.15, 0.2) is 18.2 Å². The van der Waals surface area contributed by atoms with Crippen molar-refractivity contribution in [2.45, 2.75) is 124 Å². The molecule has 1 N–H and O–H groups in total. The summed E-state index contributed by atoms with van der Waals surface area (Å²) in [5.41, 5.74) is 4.31. The summed E-state index contributed by atoms with van der Waals surface area (Å²) in [6, 6.07) is 7.12. The van der Waals surface area contributed by atoms with E-state index in [-0.39, 0.29) is 0 Å². The van der Waals surface area contributed by atoms with E-state index in [9.17, 15) is 0 Å². The molecule has 1 aliphatic carbocycles. The molecular formula is C28H49N. The van der Waals surface area contributed by atoms with Crippen LogP contribution in [0.4, 0.5) is 5.69 Å². The molecule has 0 bridgehead atoms. The fraction of sp³-hybridized carbons (Fsp3) is 0.786. The van der Waals surface area contributed by atoms with Crippen molar-refractivity contribution in [2.75, 3.05) is 11.9 Å². The van der Waals surface area contributed by atoms with Gasteiger partial charge in [0.15, 0.2) is 0 Å². The second-order valence-corrected chi connectivity index (χ2v) is 9.77. The number of aryl methyl sites for hydroxylation is 2. The summed E-state index contributed by atoms with van der Waals surface area (Å²) in [6.07, 6.45) is 22.6. The second kappa shape index (κ2) is 14.9. The third-order valence-corrected chi connectivity index (χ3v) is 7.16. The molecule has 0 radical (unpaired) electrons. The fourth-order valence-electron chi connectivity index (χ4n) is 5.07. The number of nitrogens with one attached hydrogen (secondary N) is 1. The number of anilines is 1. The normalized spacial score (nSPS) is 19.4. The van der Waals surface area contributed by atoms with Gasteiger partial charge in [0.05, 0.1) is 0 Å². The number of hydrogen-bond acceptors (Lipinski definition) is 1. The van der Waals surface area contributed by atoms with Gasteiger partial charge in [0.2, 0.25) is 0 Å². The van der Waals surface area contributed by atoms with Crippen molar-refractivity contribution in [3.05, 3.63) is 29.3 Å². The topological polar surface area (TPSA) is 12.0 Å². The Morgan fingerprint density at radius 1 is 0.759 bits per heavy atom. The first-order valence-electron chi connectivity index (χ1n) is 13.1. The maximum absolute atomic E-state index is 3.66. The summed E-state index contributed by atoms with van der Waals surface area (Å²) in [5.74, 6) is 2.01. The van der Waals surface area contributed by atoms with Crippen molar-refractivity contribution in [2.24, 2.45) is 11.8 Å². The maximum Gasteiger partial charge on any atom is 0.0370 e. The van der Waals surface area contributed by atoms with Crippen LogP contribution >= 0.6 is 0 Å². The maximum atomic E-state index is 3.66. The predicted octanol–water partition coefficient (Wildman–Crippen LogP) is 9.09. The van der Waals surface area contributed by atoms with Gasteiger partial charge in [-0.2, -0.15) is 0 Å². The standard InChI is InChI=1S/C28H49N/c1-4-6-8-9-10-12-22-29-28-21-20-27(23-24(28)3)19-18-26-16-14-25(15-17-26)13-11-7-5-2/h20-21,23,25-26,29H,4-19,22H2,1-3H3. The van der Waals surface area contributed by atoms with Gasteiger partial charge in [-0.1, -0.05) is 109 Å². The highest BCUT2D eigenvalue weighted by Crippen LogP contribution is 2.34. The summed E-state index contributed by atoms with van der Waals surface area (Å²) in [7, 11) is 0. The van der Waals surface area contributed by atoms with Gasteiger partial charge >= 0.3 is 0 Å². The number of hydrogen-bond donors (Lipinski definition) is 1. The van der Waals surface area contributed by atoms with E-state index in [0.29, 0.717) is 0 Å². The number of rotatable bonds is 15. The van der Waals surface area contributed by atoms with Gasteiger partial charge in [0.25, 0.3) is 0 Å². The highest BCUT2D eigenvalue weighted by molar-refractivity contribution is 5.52. The largest absolute Gasteiger partial charge is 0.385 e. The zero-order valence-electron chi connectivity index (χ0n) is 19.9. The summed E-state index contributed by atoms with van der Waals surface area (Å²) >= 11 is 0. The molecule has 29 heavy (non-hydrogen) atoms. The molecule has 0 saturated heterocycles. The molecule has 1 saturated carbocycles. The van der Waals surface area contributed by atoms with Crippen LogP contribution in [-0.4, -0.2) is 6.54 Å². The minimum atomic E-state index is 0.975. The Hall–Kier alpha value is -0.980. The van der Waals surface area contributed by atoms with E-state index in [1.807, 2.05) is 0 Å². The molecule has 0 aromatic heterocycles. The molecule has 0 heterocycles. The zero-order valence-corrected chi connectivity index (χ0v) is 19.9. The molecule has 1 aliphatic rings. The molecule has 1 aromatic carbocycles. The Kier molecular flexibility index (Phi) is 12.5. The average Bonchev–Trinajstić information content (AvgIpc) is 2.74. The Balaban J connectivity index is 1.61. The molecule has 0 unspecified atom stereocenters. The Morgan fingerprint density at radius 3 is 2.07 bits per heavy atom. The molecule has 0 amide bonds. The van der Waals surface area contributed by atoms with Crippen LogP contribution in [0.25, 0.3) is 0 Å². The predicted molar refractivity (Wildman–Crippen MR) is 131 cm³/mol. The molecule has 0 atom stereocenters. The number of benzene rings is 1. The van der Waals surface area contributed by atoms with Gasteiger partial charge in [-0.15, -0.1) is 0 Å². The van der Waals surface area contributed by atoms with E-state index in [4.69, 9.17) is 0 Å². The quantitative estimate of drug-likeness (QED) is 0.290. The van der Waals surface area contributed by atoms with Gasteiger partial charge in [0, 0.05) is 12.2 Å². The molecule has 1 nitrogen and oxygen atoms in total. The van der Waals surface area contributed by atoms with Crippen LogP contribution in [-0.2, 0) is 6.42 Å². The van der Waals surface area contributed by atoms with Crippen molar-refractivity contribution in [3.63, 3.8) is 0 Å². The second-order valence-electron chi connectivity index (χ2n) is 9.77. The van der Waals surface area contributed by atoms with Crippen LogP contribution in [0.5, 0.6) is 0 Å². The van der Waals surface area contributed by atoms with Crippen LogP contribution < -0.4 is 5.32 Å². The lowest BCUT2D eigenvalue weighted by Crippen LogP contribution is -2.15. The summed E-state index contributed by atoms with van der Waals surface area (Å²) in [6.45, 7) is 7.99. The van der Waals surface area contributed by atoms with Gasteiger partial charge in [-0.25, -0.2) is 0 Å². The Labute approximate surface area is 182 Å². The minimum absolute atomic E-state index is 0.975. The lowest BCUT2D eigenvalue weighted by molar-refractivity contribution is 0.249. The molecule has 1 heteroatoms. The van der Waals surface area contributed by atoms with E-state index in [1.165, 1.54) is 120 Å². The molecule has 1 aromatic rings. The highest BCUT2D eigenvalue weighted by atomic mass is 14.9. The highest BCUT2D eigenvalue weighted by Gasteiger charge is 2.20. The summed E-state index contributed by atoms with van der Waals surface area (Å²) < 4.78 is 0. The Bertz CT molecular complexity index is 527. The van der Waals surface area contributed by atoms with Crippen molar-refractivity contribution in [1.82, 2.24) is 0 Å². The molecule has 166 valence electrons. The van der Waals surface area contributed by atoms with Crippen molar-refractivity contribution >= 4 is 5.69 Å². The smallest absolute Gasteiger partial charge is 0.0370 e. The molecular weight excluding hydrogens is 350 g/mol. The van der Waals surface area contributed by atoms with Crippen molar-refractivity contribution < 1.29 is 0 Å². The van der Waals surface area contributed by atoms with E-state index < -0.39 is 0 Å². The molecule has 0 spiro atoms. The van der Waals surface area contributed by atoms with Gasteiger partial charge in [-0.05, 0) is 55.2 Å². The van der Waals surface area contributed by atoms with Gasteiger partial charge in [0.1, 0.15) is 0 Å². The first-order chi connectivity index (χ1) is 14.2. The zero-order chi connectivity index (χ0) is 20.7. The van der Waals surface area contributed by atoms with E-state index in [0.717, 1.165) is 18.4 Å². The Morgan fingerprint density at radius 2 is 1.38 bits per heavy atom. The average molecular weight is 400 g/mol. The third-order valence-electron chi connectivity index (χ3n) is 7.16. The van der Waals surface area contributed by atoms with Crippen molar-refractivity contribution in [1.29, 1.82) is 0 Å². The monoisotopic (exact) mass is 399 g/mol. The van der Waals surface area contributed by atoms with Gasteiger partial charge in [-0.3, -0.25) is 0 Å².